The number of primary amides is 1. The summed E-state index contributed by atoms with van der Waals surface area (Å²) < 4.78 is 44.6. The predicted molar refractivity (Wildman–Crippen MR) is 57.9 cm³/mol. The Kier molecular flexibility index (Phi) is 6.13. The van der Waals surface area contributed by atoms with Crippen LogP contribution in [0.4, 0.5) is 23.2 Å². The van der Waals surface area contributed by atoms with Crippen molar-refractivity contribution in [1.29, 1.82) is 0 Å². The molecule has 0 aromatic heterocycles. The summed E-state index contributed by atoms with van der Waals surface area (Å²) in [6.45, 7) is 0. The van der Waals surface area contributed by atoms with Gasteiger partial charge in [-0.3, -0.25) is 9.59 Å². The molecule has 0 spiro atoms. The summed E-state index contributed by atoms with van der Waals surface area (Å²) in [5, 5.41) is 9.15. The Labute approximate surface area is 109 Å². The van der Waals surface area contributed by atoms with Gasteiger partial charge in [0.05, 0.1) is 5.69 Å². The summed E-state index contributed by atoms with van der Waals surface area (Å²) in [5.41, 5.74) is 4.60. The highest BCUT2D eigenvalue weighted by molar-refractivity contribution is 6.39. The van der Waals surface area contributed by atoms with Gasteiger partial charge in [0, 0.05) is 0 Å². The molecule has 0 saturated heterocycles. The fraction of sp³-hybridized carbons (Fsp3) is 0.100. The number of carbonyl (C=O) groups is 3. The van der Waals surface area contributed by atoms with E-state index in [4.69, 9.17) is 9.90 Å². The molecular weight excluding hydrogens is 288 g/mol. The molecule has 0 fully saturated rings. The molecule has 0 radical (unpaired) electrons. The molecule has 1 aromatic carbocycles. The molecule has 6 nitrogen and oxygen atoms in total. The van der Waals surface area contributed by atoms with Crippen LogP contribution in [0.15, 0.2) is 24.3 Å². The maximum absolute atomic E-state index is 12.8. The normalized spacial score (nSPS) is 10.0. The van der Waals surface area contributed by atoms with E-state index in [1.54, 1.807) is 0 Å². The Hall–Kier alpha value is -2.65. The maximum Gasteiger partial charge on any atom is 0.490 e. The zero-order chi connectivity index (χ0) is 15.9. The van der Waals surface area contributed by atoms with Crippen molar-refractivity contribution in [3.8, 4) is 0 Å². The number of hydrogen-bond donors (Lipinski definition) is 3. The molecule has 0 bridgehead atoms. The van der Waals surface area contributed by atoms with Crippen molar-refractivity contribution in [1.82, 2.24) is 0 Å². The number of nitrogens with one attached hydrogen (secondary N) is 1. The van der Waals surface area contributed by atoms with E-state index < -0.39 is 29.8 Å². The molecule has 0 atom stereocenters. The van der Waals surface area contributed by atoms with Crippen molar-refractivity contribution in [2.45, 2.75) is 6.18 Å². The van der Waals surface area contributed by atoms with Gasteiger partial charge in [-0.05, 0) is 12.1 Å². The summed E-state index contributed by atoms with van der Waals surface area (Å²) in [4.78, 5) is 29.9. The lowest BCUT2D eigenvalue weighted by atomic mass is 10.3. The molecule has 0 heterocycles. The summed E-state index contributed by atoms with van der Waals surface area (Å²) >= 11 is 0. The van der Waals surface area contributed by atoms with Crippen molar-refractivity contribution in [2.75, 3.05) is 5.32 Å². The lowest BCUT2D eigenvalue weighted by Gasteiger charge is -2.02. The van der Waals surface area contributed by atoms with Crippen LogP contribution in [0.25, 0.3) is 0 Å². The fourth-order valence-electron chi connectivity index (χ4n) is 0.746. The largest absolute Gasteiger partial charge is 0.490 e. The Morgan fingerprint density at radius 1 is 1.15 bits per heavy atom. The molecule has 0 unspecified atom stereocenters. The van der Waals surface area contributed by atoms with Crippen LogP contribution >= 0.6 is 0 Å². The fourth-order valence-corrected chi connectivity index (χ4v) is 0.746. The number of hydrogen-bond acceptors (Lipinski definition) is 3. The van der Waals surface area contributed by atoms with Crippen LogP contribution in [0.1, 0.15) is 0 Å². The highest BCUT2D eigenvalue weighted by Gasteiger charge is 2.38. The van der Waals surface area contributed by atoms with E-state index in [9.17, 15) is 27.2 Å². The van der Waals surface area contributed by atoms with Gasteiger partial charge < -0.3 is 16.2 Å². The molecule has 20 heavy (non-hydrogen) atoms. The first-order valence-electron chi connectivity index (χ1n) is 4.71. The van der Waals surface area contributed by atoms with E-state index in [0.29, 0.717) is 0 Å². The Morgan fingerprint density at radius 2 is 1.60 bits per heavy atom. The monoisotopic (exact) mass is 296 g/mol. The van der Waals surface area contributed by atoms with E-state index >= 15 is 0 Å². The summed E-state index contributed by atoms with van der Waals surface area (Å²) in [5.74, 6) is -5.56. The first-order chi connectivity index (χ1) is 9.05. The number of anilines is 1. The van der Waals surface area contributed by atoms with Crippen LogP contribution in [0, 0.1) is 5.82 Å². The van der Waals surface area contributed by atoms with Gasteiger partial charge in [-0.2, -0.15) is 13.2 Å². The molecule has 110 valence electrons. The van der Waals surface area contributed by atoms with Crippen LogP contribution in [0.5, 0.6) is 0 Å². The smallest absolute Gasteiger partial charge is 0.475 e. The molecule has 10 heteroatoms. The number of carboxylic acids is 1. The predicted octanol–water partition coefficient (Wildman–Crippen LogP) is 0.883. The number of carboxylic acid groups (broad SMARTS) is 1. The minimum atomic E-state index is -5.08. The van der Waals surface area contributed by atoms with Gasteiger partial charge in [-0.1, -0.05) is 12.1 Å². The molecule has 2 amide bonds. The van der Waals surface area contributed by atoms with Crippen LogP contribution in [0.2, 0.25) is 0 Å². The van der Waals surface area contributed by atoms with E-state index in [2.05, 4.69) is 5.73 Å². The average Bonchev–Trinajstić information content (AvgIpc) is 2.31. The van der Waals surface area contributed by atoms with Crippen molar-refractivity contribution >= 4 is 23.5 Å². The number of rotatable bonds is 1. The number of aliphatic carboxylic acids is 1. The zero-order valence-corrected chi connectivity index (χ0v) is 9.57. The Balaban J connectivity index is 0.000000441. The summed E-state index contributed by atoms with van der Waals surface area (Å²) in [6.07, 6.45) is -5.08. The van der Waals surface area contributed by atoms with Gasteiger partial charge in [0.1, 0.15) is 5.82 Å². The van der Waals surface area contributed by atoms with Crippen LogP contribution in [-0.2, 0) is 14.4 Å². The number of alkyl halides is 3. The molecule has 1 rings (SSSR count). The standard InChI is InChI=1S/C8H7FN2O2.C2HF3O2/c9-5-3-1-2-4-6(5)11-8(13)7(10)12;3-2(4,5)1(6)7/h1-4H,(H2,10,12)(H,11,13);(H,6,7). The van der Waals surface area contributed by atoms with Crippen molar-refractivity contribution in [3.63, 3.8) is 0 Å². The van der Waals surface area contributed by atoms with Crippen molar-refractivity contribution < 1.29 is 37.1 Å². The molecule has 0 aliphatic heterocycles. The van der Waals surface area contributed by atoms with Crippen LogP contribution in [-0.4, -0.2) is 29.1 Å². The van der Waals surface area contributed by atoms with E-state index in [1.807, 2.05) is 5.32 Å². The van der Waals surface area contributed by atoms with Gasteiger partial charge in [-0.25, -0.2) is 9.18 Å². The molecule has 4 N–H and O–H groups in total. The Morgan fingerprint density at radius 3 is 1.95 bits per heavy atom. The third kappa shape index (κ3) is 6.33. The topological polar surface area (TPSA) is 109 Å². The minimum absolute atomic E-state index is 0.0636. The number of carbonyl (C=O) groups excluding carboxylic acids is 2. The van der Waals surface area contributed by atoms with Gasteiger partial charge in [0.15, 0.2) is 0 Å². The zero-order valence-electron chi connectivity index (χ0n) is 9.57. The quantitative estimate of drug-likeness (QED) is 0.528. The van der Waals surface area contributed by atoms with Gasteiger partial charge in [0.25, 0.3) is 0 Å². The first kappa shape index (κ1) is 17.4. The second-order valence-corrected chi connectivity index (χ2v) is 3.10. The lowest BCUT2D eigenvalue weighted by molar-refractivity contribution is -0.192. The van der Waals surface area contributed by atoms with E-state index in [-0.39, 0.29) is 5.69 Å². The third-order valence-electron chi connectivity index (χ3n) is 1.59. The highest BCUT2D eigenvalue weighted by atomic mass is 19.4. The van der Waals surface area contributed by atoms with Crippen molar-refractivity contribution in [2.24, 2.45) is 5.73 Å². The van der Waals surface area contributed by atoms with E-state index in [1.165, 1.54) is 18.2 Å². The second-order valence-electron chi connectivity index (χ2n) is 3.10. The molecule has 0 aliphatic carbocycles. The van der Waals surface area contributed by atoms with Gasteiger partial charge in [-0.15, -0.1) is 0 Å². The van der Waals surface area contributed by atoms with Gasteiger partial charge in [0.2, 0.25) is 0 Å². The number of benzene rings is 1. The SMILES string of the molecule is NC(=O)C(=O)Nc1ccccc1F.O=C(O)C(F)(F)F. The molecule has 0 saturated carbocycles. The number of para-hydroxylation sites is 1. The average molecular weight is 296 g/mol. The molecule has 1 aromatic rings. The van der Waals surface area contributed by atoms with Gasteiger partial charge >= 0.3 is 24.0 Å². The summed E-state index contributed by atoms with van der Waals surface area (Å²) in [6, 6.07) is 5.49. The van der Waals surface area contributed by atoms with Crippen molar-refractivity contribution in [3.05, 3.63) is 30.1 Å². The van der Waals surface area contributed by atoms with Crippen LogP contribution < -0.4 is 11.1 Å². The second kappa shape index (κ2) is 7.07. The molecule has 0 aliphatic rings. The summed E-state index contributed by atoms with van der Waals surface area (Å²) in [7, 11) is 0. The number of halogens is 4. The lowest BCUT2D eigenvalue weighted by Crippen LogP contribution is -2.29. The first-order valence-corrected chi connectivity index (χ1v) is 4.71. The Bertz CT molecular complexity index is 516. The highest BCUT2D eigenvalue weighted by Crippen LogP contribution is 2.13. The van der Waals surface area contributed by atoms with E-state index in [0.717, 1.165) is 6.07 Å². The third-order valence-corrected chi connectivity index (χ3v) is 1.59. The minimum Gasteiger partial charge on any atom is -0.475 e. The molecular formula is C10H8F4N2O4. The maximum atomic E-state index is 12.8. The number of nitrogens with two attached hydrogens (primary N) is 1. The number of amides is 2. The van der Waals surface area contributed by atoms with Crippen LogP contribution in [0.3, 0.4) is 0 Å².